The van der Waals surface area contributed by atoms with E-state index in [2.05, 4.69) is 20.8 Å². The third-order valence-corrected chi connectivity index (χ3v) is 7.77. The Morgan fingerprint density at radius 3 is 2.38 bits per heavy atom. The Balaban J connectivity index is 1.69. The number of methoxy groups -OCH3 is 1. The number of nitrogens with zero attached hydrogens (tertiary/aromatic N) is 2. The molecule has 0 bridgehead atoms. The van der Waals surface area contributed by atoms with Crippen LogP contribution in [0.3, 0.4) is 0 Å². The number of fused-ring (bicyclic) bond motifs is 1. The van der Waals surface area contributed by atoms with E-state index in [1.807, 2.05) is 42.5 Å². The molecule has 2 aromatic rings. The zero-order valence-electron chi connectivity index (χ0n) is 23.0. The molecule has 39 heavy (non-hydrogen) atoms. The number of carbonyl (C=O) groups excluding carboxylic acids is 2. The molecule has 210 valence electrons. The lowest BCUT2D eigenvalue weighted by Gasteiger charge is -2.34. The summed E-state index contributed by atoms with van der Waals surface area (Å²) in [5.41, 5.74) is 2.69. The number of amides is 2. The quantitative estimate of drug-likeness (QED) is 0.470. The Morgan fingerprint density at radius 2 is 1.74 bits per heavy atom. The summed E-state index contributed by atoms with van der Waals surface area (Å²) in [6.45, 7) is 7.34. The number of hydrogen-bond donors (Lipinski definition) is 1. The molecule has 1 fully saturated rings. The van der Waals surface area contributed by atoms with Crippen molar-refractivity contribution in [3.05, 3.63) is 64.2 Å². The first kappa shape index (κ1) is 28.7. The highest BCUT2D eigenvalue weighted by Crippen LogP contribution is 2.44. The van der Waals surface area contributed by atoms with E-state index >= 15 is 0 Å². The Morgan fingerprint density at radius 1 is 1.05 bits per heavy atom. The third-order valence-electron chi connectivity index (χ3n) is 7.53. The number of para-hydroxylation sites is 1. The summed E-state index contributed by atoms with van der Waals surface area (Å²) >= 11 is 6.50. The Bertz CT molecular complexity index is 1220. The fraction of sp³-hybridized carbons (Fsp3) is 0.500. The summed E-state index contributed by atoms with van der Waals surface area (Å²) in [4.78, 5) is 41.9. The van der Waals surface area contributed by atoms with Crippen molar-refractivity contribution in [2.75, 3.05) is 33.3 Å². The van der Waals surface area contributed by atoms with Crippen LogP contribution in [-0.2, 0) is 14.3 Å². The van der Waals surface area contributed by atoms with Gasteiger partial charge >= 0.3 is 6.16 Å². The van der Waals surface area contributed by atoms with Gasteiger partial charge in [-0.3, -0.25) is 9.59 Å². The van der Waals surface area contributed by atoms with Gasteiger partial charge in [0, 0.05) is 49.0 Å². The van der Waals surface area contributed by atoms with E-state index in [9.17, 15) is 14.4 Å². The van der Waals surface area contributed by atoms with Gasteiger partial charge in [0.15, 0.2) is 0 Å². The number of halogens is 1. The number of likely N-dealkylation sites (tertiary alicyclic amines) is 1. The SMILES string of the molecule is COc1ccccc1C1CN(CC(=O)N2CCC(OC(=O)O)CC2)C(=O)C(CC(C)(C)C)c2ccc(Cl)cc21. The second-order valence-electron chi connectivity index (χ2n) is 11.6. The summed E-state index contributed by atoms with van der Waals surface area (Å²) in [6, 6.07) is 13.5. The van der Waals surface area contributed by atoms with E-state index in [0.29, 0.717) is 49.7 Å². The van der Waals surface area contributed by atoms with E-state index in [4.69, 9.17) is 26.2 Å². The molecule has 1 saturated heterocycles. The number of ether oxygens (including phenoxy) is 2. The van der Waals surface area contributed by atoms with Gasteiger partial charge in [0.25, 0.3) is 0 Å². The fourth-order valence-corrected chi connectivity index (χ4v) is 5.91. The van der Waals surface area contributed by atoms with Crippen molar-refractivity contribution in [2.24, 2.45) is 5.41 Å². The molecule has 8 nitrogen and oxygen atoms in total. The molecule has 0 spiro atoms. The summed E-state index contributed by atoms with van der Waals surface area (Å²) < 4.78 is 10.6. The Hall–Kier alpha value is -3.26. The molecule has 2 unspecified atom stereocenters. The van der Waals surface area contributed by atoms with Crippen molar-refractivity contribution < 1.29 is 29.0 Å². The first-order chi connectivity index (χ1) is 18.5. The maximum Gasteiger partial charge on any atom is 0.506 e. The highest BCUT2D eigenvalue weighted by Gasteiger charge is 2.39. The van der Waals surface area contributed by atoms with E-state index < -0.39 is 18.2 Å². The fourth-order valence-electron chi connectivity index (χ4n) is 5.73. The van der Waals surface area contributed by atoms with Crippen LogP contribution in [0, 0.1) is 5.41 Å². The van der Waals surface area contributed by atoms with Gasteiger partial charge in [0.2, 0.25) is 11.8 Å². The van der Waals surface area contributed by atoms with Crippen LogP contribution in [0.1, 0.15) is 68.6 Å². The minimum absolute atomic E-state index is 0.0582. The van der Waals surface area contributed by atoms with Crippen LogP contribution in [0.15, 0.2) is 42.5 Å². The number of carbonyl (C=O) groups is 3. The second kappa shape index (κ2) is 11.9. The minimum Gasteiger partial charge on any atom is -0.496 e. The summed E-state index contributed by atoms with van der Waals surface area (Å²) in [6.07, 6.45) is -0.237. The van der Waals surface area contributed by atoms with Gasteiger partial charge in [-0.1, -0.05) is 56.6 Å². The van der Waals surface area contributed by atoms with Gasteiger partial charge in [-0.15, -0.1) is 0 Å². The molecule has 2 aliphatic rings. The van der Waals surface area contributed by atoms with Crippen molar-refractivity contribution in [1.82, 2.24) is 9.80 Å². The Labute approximate surface area is 234 Å². The molecule has 0 aliphatic carbocycles. The van der Waals surface area contributed by atoms with Gasteiger partial charge in [0.05, 0.1) is 19.6 Å². The zero-order chi connectivity index (χ0) is 28.3. The standard InChI is InChI=1S/C30H37ClN2O6/c1-30(2,3)16-24-21-10-9-19(31)15-23(21)25(22-7-5-6-8-26(22)38-4)17-33(28(24)35)18-27(34)32-13-11-20(12-14-32)39-29(36)37/h5-10,15,20,24-25H,11-14,16-18H2,1-4H3,(H,36,37). The molecule has 2 atom stereocenters. The van der Waals surface area contributed by atoms with Crippen molar-refractivity contribution in [2.45, 2.75) is 58.0 Å². The van der Waals surface area contributed by atoms with Crippen LogP contribution in [0.2, 0.25) is 5.02 Å². The van der Waals surface area contributed by atoms with Crippen LogP contribution in [0.25, 0.3) is 0 Å². The lowest BCUT2D eigenvalue weighted by Crippen LogP contribution is -2.48. The van der Waals surface area contributed by atoms with Gasteiger partial charge < -0.3 is 24.4 Å². The first-order valence-electron chi connectivity index (χ1n) is 13.3. The lowest BCUT2D eigenvalue weighted by molar-refractivity contribution is -0.142. The van der Waals surface area contributed by atoms with Crippen molar-refractivity contribution >= 4 is 29.6 Å². The second-order valence-corrected chi connectivity index (χ2v) is 12.0. The zero-order valence-corrected chi connectivity index (χ0v) is 23.7. The molecule has 9 heteroatoms. The van der Waals surface area contributed by atoms with Crippen LogP contribution >= 0.6 is 11.6 Å². The number of piperidine rings is 1. The van der Waals surface area contributed by atoms with Gasteiger partial charge in [-0.05, 0) is 41.2 Å². The first-order valence-corrected chi connectivity index (χ1v) is 13.7. The van der Waals surface area contributed by atoms with E-state index in [-0.39, 0.29) is 29.7 Å². The van der Waals surface area contributed by atoms with Crippen molar-refractivity contribution in [3.8, 4) is 5.75 Å². The highest BCUT2D eigenvalue weighted by molar-refractivity contribution is 6.30. The Kier molecular flexibility index (Phi) is 8.74. The van der Waals surface area contributed by atoms with Gasteiger partial charge in [-0.2, -0.15) is 0 Å². The molecule has 1 N–H and O–H groups in total. The average Bonchev–Trinajstić information content (AvgIpc) is 2.98. The molecule has 0 radical (unpaired) electrons. The van der Waals surface area contributed by atoms with Crippen LogP contribution in [0.5, 0.6) is 5.75 Å². The molecule has 2 aromatic carbocycles. The minimum atomic E-state index is -1.30. The van der Waals surface area contributed by atoms with E-state index in [0.717, 1.165) is 16.7 Å². The molecular formula is C30H37ClN2O6. The largest absolute Gasteiger partial charge is 0.506 e. The van der Waals surface area contributed by atoms with E-state index in [1.54, 1.807) is 16.9 Å². The molecule has 2 aliphatic heterocycles. The normalized spacial score (nSPS) is 20.3. The summed E-state index contributed by atoms with van der Waals surface area (Å²) in [5.74, 6) is -0.203. The smallest absolute Gasteiger partial charge is 0.496 e. The average molecular weight is 557 g/mol. The number of carboxylic acid groups (broad SMARTS) is 1. The molecule has 0 aromatic heterocycles. The van der Waals surface area contributed by atoms with Crippen LogP contribution < -0.4 is 4.74 Å². The summed E-state index contributed by atoms with van der Waals surface area (Å²) in [5, 5.41) is 9.49. The van der Waals surface area contributed by atoms with Gasteiger partial charge in [-0.25, -0.2) is 4.79 Å². The van der Waals surface area contributed by atoms with Crippen LogP contribution in [-0.4, -0.2) is 72.3 Å². The predicted octanol–water partition coefficient (Wildman–Crippen LogP) is 5.53. The maximum absolute atomic E-state index is 14.2. The van der Waals surface area contributed by atoms with Crippen LogP contribution in [0.4, 0.5) is 4.79 Å². The van der Waals surface area contributed by atoms with E-state index in [1.165, 1.54) is 0 Å². The number of hydrogen-bond acceptors (Lipinski definition) is 5. The molecule has 4 rings (SSSR count). The maximum atomic E-state index is 14.2. The highest BCUT2D eigenvalue weighted by atomic mass is 35.5. The monoisotopic (exact) mass is 556 g/mol. The molecule has 0 saturated carbocycles. The number of benzene rings is 2. The lowest BCUT2D eigenvalue weighted by atomic mass is 9.78. The van der Waals surface area contributed by atoms with Crippen molar-refractivity contribution in [1.29, 1.82) is 0 Å². The molecular weight excluding hydrogens is 520 g/mol. The third kappa shape index (κ3) is 6.85. The topological polar surface area (TPSA) is 96.4 Å². The van der Waals surface area contributed by atoms with Crippen molar-refractivity contribution in [3.63, 3.8) is 0 Å². The molecule has 2 heterocycles. The summed E-state index contributed by atoms with van der Waals surface area (Å²) in [7, 11) is 1.63. The molecule has 2 amide bonds. The number of rotatable bonds is 6. The predicted molar refractivity (Wildman–Crippen MR) is 148 cm³/mol. The van der Waals surface area contributed by atoms with Gasteiger partial charge in [0.1, 0.15) is 11.9 Å².